The summed E-state index contributed by atoms with van der Waals surface area (Å²) in [4.78, 5) is 55.3. The van der Waals surface area contributed by atoms with Crippen LogP contribution in [0.2, 0.25) is 5.02 Å². The molecule has 43 heavy (non-hydrogen) atoms. The second kappa shape index (κ2) is 11.1. The van der Waals surface area contributed by atoms with Gasteiger partial charge in [0, 0.05) is 29.8 Å². The maximum absolute atomic E-state index is 15.9. The van der Waals surface area contributed by atoms with Crippen molar-refractivity contribution < 1.29 is 28.2 Å². The van der Waals surface area contributed by atoms with Gasteiger partial charge in [0.05, 0.1) is 42.2 Å². The third-order valence-corrected chi connectivity index (χ3v) is 8.34. The number of amides is 2. The normalized spacial score (nSPS) is 22.7. The predicted molar refractivity (Wildman–Crippen MR) is 159 cm³/mol. The van der Waals surface area contributed by atoms with Crippen LogP contribution in [0.1, 0.15) is 54.6 Å². The molecule has 1 spiro atoms. The van der Waals surface area contributed by atoms with E-state index in [2.05, 4.69) is 20.9 Å². The van der Waals surface area contributed by atoms with Crippen LogP contribution in [0.5, 0.6) is 5.75 Å². The van der Waals surface area contributed by atoms with Crippen LogP contribution in [0.15, 0.2) is 53.5 Å². The van der Waals surface area contributed by atoms with E-state index >= 15 is 4.39 Å². The number of pyridine rings is 1. The van der Waals surface area contributed by atoms with Crippen molar-refractivity contribution in [3.8, 4) is 5.75 Å². The number of esters is 1. The number of methoxy groups -OCH3 is 2. The van der Waals surface area contributed by atoms with Gasteiger partial charge in [-0.05, 0) is 41.7 Å². The molecule has 5 rings (SSSR count). The van der Waals surface area contributed by atoms with Crippen LogP contribution in [0.4, 0.5) is 15.8 Å². The fourth-order valence-electron chi connectivity index (χ4n) is 6.34. The molecule has 1 aromatic heterocycles. The number of carbonyl (C=O) groups is 3. The van der Waals surface area contributed by atoms with Crippen LogP contribution in [0.3, 0.4) is 0 Å². The van der Waals surface area contributed by atoms with E-state index in [0.717, 1.165) is 0 Å². The van der Waals surface area contributed by atoms with Crippen molar-refractivity contribution in [2.45, 2.75) is 50.6 Å². The SMILES string of the molecule is COC(=O)c1ccc(NC(=O)[C@@H]2N[C@@H](CC(C)(C)C)[C@@]3(C(=O)Nc4cc(=O)[nH]cc43)[C@H]2c2cccc(Cl)c2F)c(OC)c1. The molecule has 2 amide bonds. The summed E-state index contributed by atoms with van der Waals surface area (Å²) >= 11 is 6.24. The molecule has 3 heterocycles. The second-order valence-electron chi connectivity index (χ2n) is 11.9. The van der Waals surface area contributed by atoms with E-state index in [1.54, 1.807) is 6.07 Å². The van der Waals surface area contributed by atoms with Crippen LogP contribution in [0, 0.1) is 11.2 Å². The van der Waals surface area contributed by atoms with Crippen molar-refractivity contribution in [3.05, 3.63) is 86.5 Å². The summed E-state index contributed by atoms with van der Waals surface area (Å²) in [5.41, 5.74) is -0.976. The molecule has 0 saturated carbocycles. The van der Waals surface area contributed by atoms with Crippen molar-refractivity contribution >= 4 is 40.8 Å². The molecular weight excluding hydrogens is 579 g/mol. The van der Waals surface area contributed by atoms with E-state index in [9.17, 15) is 19.2 Å². The Morgan fingerprint density at radius 1 is 1.12 bits per heavy atom. The summed E-state index contributed by atoms with van der Waals surface area (Å²) in [7, 11) is 2.64. The summed E-state index contributed by atoms with van der Waals surface area (Å²) in [6.45, 7) is 6.00. The number of nitrogens with one attached hydrogen (secondary N) is 4. The minimum absolute atomic E-state index is 0.0683. The molecule has 4 N–H and O–H groups in total. The number of fused-ring (bicyclic) bond motifs is 2. The minimum Gasteiger partial charge on any atom is -0.495 e. The first-order valence-electron chi connectivity index (χ1n) is 13.6. The number of benzene rings is 2. The van der Waals surface area contributed by atoms with Gasteiger partial charge < -0.3 is 30.4 Å². The van der Waals surface area contributed by atoms with Gasteiger partial charge in [0.2, 0.25) is 17.4 Å². The molecule has 2 aliphatic heterocycles. The lowest BCUT2D eigenvalue weighted by Gasteiger charge is -2.37. The van der Waals surface area contributed by atoms with Gasteiger partial charge in [-0.25, -0.2) is 9.18 Å². The van der Waals surface area contributed by atoms with Crippen molar-refractivity contribution in [2.75, 3.05) is 24.9 Å². The first-order chi connectivity index (χ1) is 20.3. The lowest BCUT2D eigenvalue weighted by atomic mass is 9.62. The number of H-pyrrole nitrogens is 1. The van der Waals surface area contributed by atoms with Gasteiger partial charge in [0.15, 0.2) is 0 Å². The standard InChI is InChI=1S/C31H32ClFN4O6/c1-30(2,3)13-22-31(17-14-34-23(38)12-20(17)36-29(31)41)24(16-7-6-8-18(32)25(16)33)26(37-22)27(39)35-19-10-9-15(28(40)43-5)11-21(19)42-4/h6-12,14,22,24,26,37H,13H2,1-5H3,(H,34,38)(H,35,39)(H,36,41)/t22-,24-,26+,31+/m0/s1. The molecule has 0 aliphatic carbocycles. The fraction of sp³-hybridized carbons (Fsp3) is 0.355. The minimum atomic E-state index is -1.50. The van der Waals surface area contributed by atoms with Crippen LogP contribution < -0.4 is 26.2 Å². The number of aromatic nitrogens is 1. The van der Waals surface area contributed by atoms with Crippen molar-refractivity contribution in [1.82, 2.24) is 10.3 Å². The highest BCUT2D eigenvalue weighted by Crippen LogP contribution is 2.56. The molecule has 10 nitrogen and oxygen atoms in total. The number of halogens is 2. The van der Waals surface area contributed by atoms with E-state index in [1.165, 1.54) is 56.8 Å². The van der Waals surface area contributed by atoms with E-state index in [-0.39, 0.29) is 33.0 Å². The second-order valence-corrected chi connectivity index (χ2v) is 12.3. The van der Waals surface area contributed by atoms with Gasteiger partial charge in [-0.15, -0.1) is 0 Å². The number of hydrogen-bond acceptors (Lipinski definition) is 7. The summed E-state index contributed by atoms with van der Waals surface area (Å²) < 4.78 is 26.1. The average molecular weight is 611 g/mol. The zero-order chi connectivity index (χ0) is 31.3. The quantitative estimate of drug-likeness (QED) is 0.304. The molecule has 1 fully saturated rings. The summed E-state index contributed by atoms with van der Waals surface area (Å²) in [5.74, 6) is -3.28. The van der Waals surface area contributed by atoms with E-state index < -0.39 is 52.6 Å². The van der Waals surface area contributed by atoms with Crippen molar-refractivity contribution in [2.24, 2.45) is 5.41 Å². The van der Waals surface area contributed by atoms with Gasteiger partial charge in [0.1, 0.15) is 17.0 Å². The van der Waals surface area contributed by atoms with Crippen LogP contribution in [-0.2, 0) is 19.7 Å². The molecule has 1 saturated heterocycles. The van der Waals surface area contributed by atoms with Gasteiger partial charge in [-0.3, -0.25) is 14.4 Å². The largest absolute Gasteiger partial charge is 0.495 e. The molecule has 12 heteroatoms. The zero-order valence-electron chi connectivity index (χ0n) is 24.3. The molecule has 0 radical (unpaired) electrons. The maximum Gasteiger partial charge on any atom is 0.337 e. The van der Waals surface area contributed by atoms with Gasteiger partial charge in [-0.1, -0.05) is 44.5 Å². The van der Waals surface area contributed by atoms with E-state index in [0.29, 0.717) is 17.7 Å². The Morgan fingerprint density at radius 3 is 2.53 bits per heavy atom. The Bertz CT molecular complexity index is 1690. The summed E-state index contributed by atoms with van der Waals surface area (Å²) in [6.07, 6.45) is 1.87. The Kier molecular flexibility index (Phi) is 7.82. The third-order valence-electron chi connectivity index (χ3n) is 8.04. The molecule has 2 aromatic carbocycles. The monoisotopic (exact) mass is 610 g/mol. The lowest BCUT2D eigenvalue weighted by Crippen LogP contribution is -2.49. The Morgan fingerprint density at radius 2 is 1.86 bits per heavy atom. The molecule has 0 unspecified atom stereocenters. The number of aromatic amines is 1. The molecule has 226 valence electrons. The Hall–Kier alpha value is -4.22. The number of hydrogen-bond donors (Lipinski definition) is 4. The number of carbonyl (C=O) groups excluding carboxylic acids is 3. The van der Waals surface area contributed by atoms with Gasteiger partial charge in [0.25, 0.3) is 0 Å². The van der Waals surface area contributed by atoms with Crippen LogP contribution in [-0.4, -0.2) is 49.1 Å². The Labute approximate surface area is 252 Å². The molecular formula is C31H32ClFN4O6. The summed E-state index contributed by atoms with van der Waals surface area (Å²) in [5, 5.41) is 8.86. The average Bonchev–Trinajstić information content (AvgIpc) is 3.43. The number of rotatable bonds is 6. The maximum atomic E-state index is 15.9. The smallest absolute Gasteiger partial charge is 0.337 e. The Balaban J connectivity index is 1.69. The highest BCUT2D eigenvalue weighted by molar-refractivity contribution is 6.30. The summed E-state index contributed by atoms with van der Waals surface area (Å²) in [6, 6.07) is 8.34. The fourth-order valence-corrected chi connectivity index (χ4v) is 6.52. The topological polar surface area (TPSA) is 139 Å². The van der Waals surface area contributed by atoms with Crippen molar-refractivity contribution in [3.63, 3.8) is 0 Å². The number of ether oxygens (including phenoxy) is 2. The number of anilines is 2. The first-order valence-corrected chi connectivity index (χ1v) is 14.0. The highest BCUT2D eigenvalue weighted by atomic mass is 35.5. The molecule has 3 aromatic rings. The lowest BCUT2D eigenvalue weighted by molar-refractivity contribution is -0.122. The molecule has 4 atom stereocenters. The van der Waals surface area contributed by atoms with Crippen LogP contribution >= 0.6 is 11.6 Å². The third kappa shape index (κ3) is 5.16. The van der Waals surface area contributed by atoms with Crippen molar-refractivity contribution in [1.29, 1.82) is 0 Å². The van der Waals surface area contributed by atoms with E-state index in [1.807, 2.05) is 20.8 Å². The van der Waals surface area contributed by atoms with Crippen LogP contribution in [0.25, 0.3) is 0 Å². The molecule has 2 aliphatic rings. The highest BCUT2D eigenvalue weighted by Gasteiger charge is 2.66. The predicted octanol–water partition coefficient (Wildman–Crippen LogP) is 4.35. The van der Waals surface area contributed by atoms with Gasteiger partial charge >= 0.3 is 5.97 Å². The zero-order valence-corrected chi connectivity index (χ0v) is 25.0. The molecule has 0 bridgehead atoms. The van der Waals surface area contributed by atoms with Gasteiger partial charge in [-0.2, -0.15) is 0 Å². The first kappa shape index (κ1) is 30.2. The van der Waals surface area contributed by atoms with E-state index in [4.69, 9.17) is 21.1 Å².